The Morgan fingerprint density at radius 3 is 2.56 bits per heavy atom. The van der Waals surface area contributed by atoms with Crippen LogP contribution in [0.2, 0.25) is 0 Å². The molecule has 1 N–H and O–H groups in total. The van der Waals surface area contributed by atoms with E-state index < -0.39 is 0 Å². The fourth-order valence-electron chi connectivity index (χ4n) is 2.46. The number of aliphatic hydroxyl groups excluding tert-OH is 1. The zero-order valence-corrected chi connectivity index (χ0v) is 9.92. The van der Waals surface area contributed by atoms with Crippen LogP contribution in [0.5, 0.6) is 0 Å². The Balaban J connectivity index is 2.64. The topological polar surface area (TPSA) is 37.3 Å². The van der Waals surface area contributed by atoms with E-state index in [1.165, 1.54) is 0 Å². The maximum atomic E-state index is 12.0. The second-order valence-electron chi connectivity index (χ2n) is 4.39. The van der Waals surface area contributed by atoms with Crippen molar-refractivity contribution in [2.45, 2.75) is 27.2 Å². The van der Waals surface area contributed by atoms with Crippen molar-refractivity contribution in [3.05, 3.63) is 39.5 Å². The van der Waals surface area contributed by atoms with Gasteiger partial charge < -0.3 is 5.11 Å². The zero-order chi connectivity index (χ0) is 11.9. The average molecular weight is 216 g/mol. The number of benzene rings is 1. The van der Waals surface area contributed by atoms with E-state index in [0.717, 1.165) is 33.4 Å². The number of carbonyl (C=O) groups excluding carboxylic acids is 1. The standard InChI is InChI=1S/C14H16O2/c1-8-6-11-7-9(2)14(16)13(11)10(3)12(8)4-5-15/h6-7,15H,4-5H2,1-3H3. The van der Waals surface area contributed by atoms with Gasteiger partial charge in [0, 0.05) is 12.2 Å². The molecule has 2 heteroatoms. The number of fused-ring (bicyclic) bond motifs is 1. The molecule has 1 aliphatic rings. The van der Waals surface area contributed by atoms with Gasteiger partial charge >= 0.3 is 0 Å². The normalized spacial score (nSPS) is 14.0. The van der Waals surface area contributed by atoms with Crippen LogP contribution in [0.3, 0.4) is 0 Å². The van der Waals surface area contributed by atoms with Gasteiger partial charge in [-0.05, 0) is 61.1 Å². The molecular formula is C14H16O2. The average Bonchev–Trinajstić information content (AvgIpc) is 2.49. The number of aliphatic hydroxyl groups is 1. The fourth-order valence-corrected chi connectivity index (χ4v) is 2.46. The monoisotopic (exact) mass is 216 g/mol. The first-order valence-electron chi connectivity index (χ1n) is 5.53. The van der Waals surface area contributed by atoms with E-state index in [0.29, 0.717) is 6.42 Å². The SMILES string of the molecule is CC1=Cc2cc(C)c(CCO)c(C)c2C1=O. The minimum absolute atomic E-state index is 0.126. The largest absolute Gasteiger partial charge is 0.396 e. The van der Waals surface area contributed by atoms with Crippen LogP contribution in [-0.4, -0.2) is 17.5 Å². The summed E-state index contributed by atoms with van der Waals surface area (Å²) in [6, 6.07) is 2.04. The highest BCUT2D eigenvalue weighted by Gasteiger charge is 2.23. The van der Waals surface area contributed by atoms with Gasteiger partial charge in [-0.15, -0.1) is 0 Å². The highest BCUT2D eigenvalue weighted by atomic mass is 16.2. The van der Waals surface area contributed by atoms with Crippen LogP contribution in [0, 0.1) is 13.8 Å². The molecule has 0 atom stereocenters. The summed E-state index contributed by atoms with van der Waals surface area (Å²) in [6.45, 7) is 5.98. The van der Waals surface area contributed by atoms with Crippen molar-refractivity contribution >= 4 is 11.9 Å². The summed E-state index contributed by atoms with van der Waals surface area (Å²) in [5.74, 6) is 0.131. The van der Waals surface area contributed by atoms with Gasteiger partial charge in [0.1, 0.15) is 0 Å². The molecule has 0 heterocycles. The van der Waals surface area contributed by atoms with Crippen molar-refractivity contribution in [2.24, 2.45) is 0 Å². The van der Waals surface area contributed by atoms with Crippen LogP contribution in [-0.2, 0) is 6.42 Å². The number of hydrogen-bond donors (Lipinski definition) is 1. The molecule has 0 radical (unpaired) electrons. The Hall–Kier alpha value is -1.41. The van der Waals surface area contributed by atoms with Crippen molar-refractivity contribution < 1.29 is 9.90 Å². The lowest BCUT2D eigenvalue weighted by atomic mass is 9.92. The Kier molecular flexibility index (Phi) is 2.68. The maximum absolute atomic E-state index is 12.0. The van der Waals surface area contributed by atoms with Crippen molar-refractivity contribution in [1.29, 1.82) is 0 Å². The summed E-state index contributed by atoms with van der Waals surface area (Å²) >= 11 is 0. The molecule has 16 heavy (non-hydrogen) atoms. The lowest BCUT2D eigenvalue weighted by Crippen LogP contribution is -2.06. The lowest BCUT2D eigenvalue weighted by molar-refractivity contribution is 0.103. The number of carbonyl (C=O) groups is 1. The highest BCUT2D eigenvalue weighted by Crippen LogP contribution is 2.31. The number of Topliss-reactive ketones (excluding diaryl/α,β-unsaturated/α-hetero) is 1. The quantitative estimate of drug-likeness (QED) is 0.824. The Morgan fingerprint density at radius 2 is 1.94 bits per heavy atom. The Labute approximate surface area is 95.6 Å². The fraction of sp³-hybridized carbons (Fsp3) is 0.357. The van der Waals surface area contributed by atoms with Crippen LogP contribution in [0.1, 0.15) is 39.5 Å². The number of aryl methyl sites for hydroxylation is 1. The van der Waals surface area contributed by atoms with E-state index in [4.69, 9.17) is 5.11 Å². The summed E-state index contributed by atoms with van der Waals surface area (Å²) < 4.78 is 0. The van der Waals surface area contributed by atoms with Crippen LogP contribution in [0.4, 0.5) is 0 Å². The first kappa shape index (κ1) is 11.1. The number of hydrogen-bond acceptors (Lipinski definition) is 2. The molecule has 0 aromatic heterocycles. The predicted molar refractivity (Wildman–Crippen MR) is 64.7 cm³/mol. The molecule has 0 aliphatic heterocycles. The molecule has 0 amide bonds. The number of allylic oxidation sites excluding steroid dienone is 1. The van der Waals surface area contributed by atoms with E-state index in [2.05, 4.69) is 0 Å². The zero-order valence-electron chi connectivity index (χ0n) is 9.92. The molecule has 0 bridgehead atoms. The van der Waals surface area contributed by atoms with Gasteiger partial charge in [0.2, 0.25) is 0 Å². The third kappa shape index (κ3) is 1.50. The first-order valence-corrected chi connectivity index (χ1v) is 5.53. The van der Waals surface area contributed by atoms with Gasteiger partial charge in [0.25, 0.3) is 0 Å². The van der Waals surface area contributed by atoms with Crippen LogP contribution >= 0.6 is 0 Å². The van der Waals surface area contributed by atoms with E-state index >= 15 is 0 Å². The Bertz CT molecular complexity index is 496. The molecule has 1 aromatic carbocycles. The highest BCUT2D eigenvalue weighted by molar-refractivity contribution is 6.18. The first-order chi connectivity index (χ1) is 7.56. The molecular weight excluding hydrogens is 200 g/mol. The minimum Gasteiger partial charge on any atom is -0.396 e. The number of rotatable bonds is 2. The molecule has 2 nitrogen and oxygen atoms in total. The van der Waals surface area contributed by atoms with Gasteiger partial charge in [-0.1, -0.05) is 6.07 Å². The van der Waals surface area contributed by atoms with Gasteiger partial charge in [0.15, 0.2) is 5.78 Å². The second-order valence-corrected chi connectivity index (χ2v) is 4.39. The van der Waals surface area contributed by atoms with Gasteiger partial charge in [-0.2, -0.15) is 0 Å². The van der Waals surface area contributed by atoms with Crippen molar-refractivity contribution in [3.8, 4) is 0 Å². The van der Waals surface area contributed by atoms with Gasteiger partial charge in [0.05, 0.1) is 0 Å². The van der Waals surface area contributed by atoms with Crippen LogP contribution in [0.15, 0.2) is 11.6 Å². The minimum atomic E-state index is 0.126. The van der Waals surface area contributed by atoms with Crippen molar-refractivity contribution in [3.63, 3.8) is 0 Å². The summed E-state index contributed by atoms with van der Waals surface area (Å²) in [7, 11) is 0. The lowest BCUT2D eigenvalue weighted by Gasteiger charge is -2.13. The number of ketones is 1. The molecule has 0 unspecified atom stereocenters. The van der Waals surface area contributed by atoms with E-state index in [1.807, 2.05) is 32.9 Å². The van der Waals surface area contributed by atoms with Crippen molar-refractivity contribution in [1.82, 2.24) is 0 Å². The van der Waals surface area contributed by atoms with Crippen LogP contribution in [0.25, 0.3) is 6.08 Å². The molecule has 2 rings (SSSR count). The van der Waals surface area contributed by atoms with Crippen molar-refractivity contribution in [2.75, 3.05) is 6.61 Å². The molecule has 1 aliphatic carbocycles. The smallest absolute Gasteiger partial charge is 0.189 e. The molecule has 0 fully saturated rings. The predicted octanol–water partition coefficient (Wildman–Crippen LogP) is 2.44. The van der Waals surface area contributed by atoms with E-state index in [1.54, 1.807) is 0 Å². The summed E-state index contributed by atoms with van der Waals surface area (Å²) in [5, 5.41) is 9.04. The molecule has 0 spiro atoms. The second kappa shape index (κ2) is 3.87. The molecule has 0 saturated heterocycles. The third-order valence-electron chi connectivity index (χ3n) is 3.28. The van der Waals surface area contributed by atoms with Crippen LogP contribution < -0.4 is 0 Å². The summed E-state index contributed by atoms with van der Waals surface area (Å²) in [4.78, 5) is 12.0. The van der Waals surface area contributed by atoms with Gasteiger partial charge in [-0.25, -0.2) is 0 Å². The molecule has 84 valence electrons. The molecule has 1 aromatic rings. The third-order valence-corrected chi connectivity index (χ3v) is 3.28. The Morgan fingerprint density at radius 1 is 1.25 bits per heavy atom. The summed E-state index contributed by atoms with van der Waals surface area (Å²) in [5.41, 5.74) is 5.95. The van der Waals surface area contributed by atoms with Gasteiger partial charge in [-0.3, -0.25) is 4.79 Å². The van der Waals surface area contributed by atoms with E-state index in [9.17, 15) is 4.79 Å². The maximum Gasteiger partial charge on any atom is 0.189 e. The van der Waals surface area contributed by atoms with E-state index in [-0.39, 0.29) is 12.4 Å². The summed E-state index contributed by atoms with van der Waals surface area (Å²) in [6.07, 6.45) is 2.57. The molecule has 0 saturated carbocycles.